The van der Waals surface area contributed by atoms with Crippen LogP contribution in [0.25, 0.3) is 0 Å². The molecule has 2 rings (SSSR count). The van der Waals surface area contributed by atoms with E-state index < -0.39 is 20.3 Å². The minimum absolute atomic E-state index is 0.000660. The molecule has 1 aromatic carbocycles. The van der Waals surface area contributed by atoms with Gasteiger partial charge in [0.2, 0.25) is 0 Å². The zero-order chi connectivity index (χ0) is 38.2. The lowest BCUT2D eigenvalue weighted by molar-refractivity contribution is -0.113. The Morgan fingerprint density at radius 1 is 0.820 bits per heavy atom. The van der Waals surface area contributed by atoms with Crippen LogP contribution in [0.15, 0.2) is 24.3 Å². The summed E-state index contributed by atoms with van der Waals surface area (Å²) in [7, 11) is -1.44. The minimum Gasteiger partial charge on any atom is -0.321 e. The van der Waals surface area contributed by atoms with Crippen molar-refractivity contribution in [1.82, 2.24) is 9.73 Å². The van der Waals surface area contributed by atoms with Crippen molar-refractivity contribution in [2.75, 3.05) is 33.0 Å². The second-order valence-corrected chi connectivity index (χ2v) is 16.4. The van der Waals surface area contributed by atoms with E-state index in [2.05, 4.69) is 80.0 Å². The molecule has 0 fully saturated rings. The van der Waals surface area contributed by atoms with Gasteiger partial charge in [0.25, 0.3) is 20.3 Å². The molecule has 4 atom stereocenters. The molecular weight excluding hydrogens is 663 g/mol. The highest BCUT2D eigenvalue weighted by Crippen LogP contribution is 2.47. The fourth-order valence-corrected chi connectivity index (χ4v) is 7.72. The molecular formula is C35H63N6O8P. The summed E-state index contributed by atoms with van der Waals surface area (Å²) in [5, 5.41) is 9.63. The molecule has 1 aromatic rings. The molecule has 4 unspecified atom stereocenters. The Kier molecular flexibility index (Phi) is 20.3. The summed E-state index contributed by atoms with van der Waals surface area (Å²) >= 11 is 0. The van der Waals surface area contributed by atoms with Gasteiger partial charge in [-0.15, -0.1) is 5.06 Å². The van der Waals surface area contributed by atoms with E-state index in [0.29, 0.717) is 37.4 Å². The summed E-state index contributed by atoms with van der Waals surface area (Å²) in [6.45, 7) is 24.7. The van der Waals surface area contributed by atoms with Crippen LogP contribution in [0, 0.1) is 39.9 Å². The van der Waals surface area contributed by atoms with E-state index in [9.17, 15) is 9.59 Å². The van der Waals surface area contributed by atoms with Crippen LogP contribution in [0.2, 0.25) is 0 Å². The Balaban J connectivity index is 0.000000546. The average Bonchev–Trinajstić information content (AvgIpc) is 3.27. The fraction of sp³-hybridized carbons (Fsp3) is 0.743. The first kappa shape index (κ1) is 45.9. The molecule has 1 heterocycles. The van der Waals surface area contributed by atoms with Crippen molar-refractivity contribution >= 4 is 20.3 Å². The maximum absolute atomic E-state index is 12.5. The fourth-order valence-electron chi connectivity index (χ4n) is 5.95. The van der Waals surface area contributed by atoms with Gasteiger partial charge in [0, 0.05) is 12.1 Å². The largest absolute Gasteiger partial charge is 0.321 e. The van der Waals surface area contributed by atoms with Gasteiger partial charge in [-0.25, -0.2) is 22.4 Å². The van der Waals surface area contributed by atoms with Crippen LogP contribution in [0.4, 0.5) is 0 Å². The van der Waals surface area contributed by atoms with Crippen molar-refractivity contribution in [2.24, 2.45) is 46.3 Å². The number of carbonyl (C=O) groups excluding carboxylic acids is 2. The second kappa shape index (κ2) is 22.1. The van der Waals surface area contributed by atoms with Crippen molar-refractivity contribution in [1.29, 1.82) is 5.26 Å². The van der Waals surface area contributed by atoms with Gasteiger partial charge in [0.1, 0.15) is 6.61 Å². The Morgan fingerprint density at radius 3 is 1.64 bits per heavy atom. The predicted molar refractivity (Wildman–Crippen MR) is 193 cm³/mol. The summed E-state index contributed by atoms with van der Waals surface area (Å²) in [6, 6.07) is 9.06. The Morgan fingerprint density at radius 2 is 1.28 bits per heavy atom. The number of hydroxylamine groups is 2. The van der Waals surface area contributed by atoms with E-state index in [4.69, 9.17) is 51.4 Å². The van der Waals surface area contributed by atoms with Gasteiger partial charge in [-0.1, -0.05) is 60.6 Å². The third-order valence-corrected chi connectivity index (χ3v) is 10.8. The quantitative estimate of drug-likeness (QED) is 0.0623. The van der Waals surface area contributed by atoms with Crippen LogP contribution in [0.5, 0.6) is 0 Å². The summed E-state index contributed by atoms with van der Waals surface area (Å²) in [5.41, 5.74) is 0.676. The molecule has 6 N–H and O–H groups in total. The topological polar surface area (TPSA) is 198 Å². The third kappa shape index (κ3) is 13.8. The highest BCUT2D eigenvalue weighted by molar-refractivity contribution is 7.44. The molecule has 15 heteroatoms. The predicted octanol–water partition coefficient (Wildman–Crippen LogP) is 5.88. The molecule has 1 aliphatic rings. The first-order valence-corrected chi connectivity index (χ1v) is 18.3. The van der Waals surface area contributed by atoms with Gasteiger partial charge in [-0.3, -0.25) is 14.4 Å². The lowest BCUT2D eigenvalue weighted by atomic mass is 9.63. The normalized spacial score (nSPS) is 16.6. The number of nitrogens with zero attached hydrogens (tertiary/aromatic N) is 3. The number of imide groups is 1. The lowest BCUT2D eigenvalue weighted by Gasteiger charge is -2.44. The van der Waals surface area contributed by atoms with Gasteiger partial charge < -0.3 is 23.6 Å². The van der Waals surface area contributed by atoms with Crippen LogP contribution < -0.4 is 17.7 Å². The zero-order valence-corrected chi connectivity index (χ0v) is 32.9. The molecule has 0 bridgehead atoms. The molecule has 0 spiro atoms. The van der Waals surface area contributed by atoms with Gasteiger partial charge in [-0.05, 0) is 74.8 Å². The molecule has 0 saturated heterocycles. The Bertz CT molecular complexity index is 1140. The van der Waals surface area contributed by atoms with Crippen LogP contribution in [-0.4, -0.2) is 72.8 Å². The third-order valence-electron chi connectivity index (χ3n) is 8.60. The van der Waals surface area contributed by atoms with E-state index in [1.807, 2.05) is 6.92 Å². The summed E-state index contributed by atoms with van der Waals surface area (Å²) < 4.78 is 14.3. The standard InChI is InChI=1S/C21H30N3O5P.C14H33N3O3/c1-6-17(29-30(28-13-9-12-22)24(15(2)3)16(4)5)14-27-23-20(25)18-10-7-8-11-19(18)21(23)26;1-13(2,3)11(8-19-16)10(7-18-15)12(9-20-17)14(4,5)6/h7-8,10-11,15-17H,6,9,13-14H2,1-5H3;10-12H,7-9,15-17H2,1-6H3. The van der Waals surface area contributed by atoms with Gasteiger partial charge in [-0.2, -0.15) is 5.26 Å². The zero-order valence-electron chi connectivity index (χ0n) is 32.0. The van der Waals surface area contributed by atoms with Crippen molar-refractivity contribution < 1.29 is 38.0 Å². The van der Waals surface area contributed by atoms with E-state index in [1.54, 1.807) is 24.3 Å². The van der Waals surface area contributed by atoms with E-state index in [1.165, 1.54) is 0 Å². The Hall–Kier alpha value is -2.12. The average molecular weight is 727 g/mol. The number of fused-ring (bicyclic) bond motifs is 1. The number of amides is 2. The van der Waals surface area contributed by atoms with Crippen LogP contribution in [0.1, 0.15) is 110 Å². The van der Waals surface area contributed by atoms with Gasteiger partial charge in [0.05, 0.1) is 56.1 Å². The maximum Gasteiger partial charge on any atom is 0.285 e. The van der Waals surface area contributed by atoms with E-state index in [-0.39, 0.29) is 66.4 Å². The molecule has 286 valence electrons. The smallest absolute Gasteiger partial charge is 0.285 e. The lowest BCUT2D eigenvalue weighted by Crippen LogP contribution is -2.45. The van der Waals surface area contributed by atoms with Crippen molar-refractivity contribution in [2.45, 2.75) is 107 Å². The van der Waals surface area contributed by atoms with Crippen LogP contribution in [0.3, 0.4) is 0 Å². The van der Waals surface area contributed by atoms with Crippen LogP contribution >= 0.6 is 8.53 Å². The molecule has 0 radical (unpaired) electrons. The molecule has 0 aliphatic carbocycles. The number of hydrogen-bond acceptors (Lipinski definition) is 13. The maximum atomic E-state index is 12.5. The highest BCUT2D eigenvalue weighted by atomic mass is 31.2. The highest BCUT2D eigenvalue weighted by Gasteiger charge is 2.42. The first-order chi connectivity index (χ1) is 23.4. The molecule has 0 aromatic heterocycles. The molecule has 14 nitrogen and oxygen atoms in total. The van der Waals surface area contributed by atoms with Crippen molar-refractivity contribution in [3.05, 3.63) is 35.4 Å². The molecule has 1 aliphatic heterocycles. The summed E-state index contributed by atoms with van der Waals surface area (Å²) in [5.74, 6) is 15.5. The SMILES string of the molecule is CC(C)(C)C(CON)C(CON)C(CON)C(C)(C)C.CCC(CON1C(=O)c2ccccc2C1=O)OP(OCCC#N)N(C(C)C)C(C)C. The number of carbonyl (C=O) groups is 2. The van der Waals surface area contributed by atoms with Crippen molar-refractivity contribution in [3.63, 3.8) is 0 Å². The number of rotatable bonds is 20. The minimum atomic E-state index is -1.44. The van der Waals surface area contributed by atoms with E-state index in [0.717, 1.165) is 5.06 Å². The Labute approximate surface area is 300 Å². The molecule has 50 heavy (non-hydrogen) atoms. The molecule has 0 saturated carbocycles. The van der Waals surface area contributed by atoms with Crippen molar-refractivity contribution in [3.8, 4) is 6.07 Å². The summed E-state index contributed by atoms with van der Waals surface area (Å²) in [6.07, 6.45) is 0.491. The van der Waals surface area contributed by atoms with E-state index >= 15 is 0 Å². The molecule has 2 amide bonds. The monoisotopic (exact) mass is 726 g/mol. The first-order valence-electron chi connectivity index (χ1n) is 17.2. The van der Waals surface area contributed by atoms with Crippen LogP contribution in [-0.2, 0) is 28.4 Å². The van der Waals surface area contributed by atoms with Gasteiger partial charge in [0.15, 0.2) is 0 Å². The summed E-state index contributed by atoms with van der Waals surface area (Å²) in [4.78, 5) is 45.3. The van der Waals surface area contributed by atoms with Gasteiger partial charge >= 0.3 is 0 Å². The number of nitrogens with two attached hydrogens (primary N) is 3. The second-order valence-electron chi connectivity index (χ2n) is 15.0. The number of nitriles is 1. The number of hydrogen-bond donors (Lipinski definition) is 3. The number of benzene rings is 1.